The van der Waals surface area contributed by atoms with E-state index in [-0.39, 0.29) is 5.54 Å². The van der Waals surface area contributed by atoms with Crippen LogP contribution in [0.25, 0.3) is 0 Å². The fourth-order valence-electron chi connectivity index (χ4n) is 2.42. The fraction of sp³-hybridized carbons (Fsp3) is 1.00. The summed E-state index contributed by atoms with van der Waals surface area (Å²) in [5.41, 5.74) is 0.236. The number of alkyl halides is 1. The first kappa shape index (κ1) is 14.3. The standard InChI is InChI=1S/C13H27ClN2/c1-12-5-7-13(11-14,8-6-12)15-9-4-10-16(2)3/h12,15H,4-11H2,1-3H3. The first-order valence-electron chi connectivity index (χ1n) is 6.54. The van der Waals surface area contributed by atoms with Crippen LogP contribution in [0.3, 0.4) is 0 Å². The quantitative estimate of drug-likeness (QED) is 0.573. The molecule has 0 saturated heterocycles. The van der Waals surface area contributed by atoms with Gasteiger partial charge in [0.25, 0.3) is 0 Å². The molecule has 0 atom stereocenters. The Morgan fingerprint density at radius 1 is 1.31 bits per heavy atom. The van der Waals surface area contributed by atoms with Gasteiger partial charge in [-0.05, 0) is 65.2 Å². The predicted octanol–water partition coefficient (Wildman–Crippen LogP) is 2.72. The molecular formula is C13H27ClN2. The van der Waals surface area contributed by atoms with Crippen molar-refractivity contribution in [1.82, 2.24) is 10.2 Å². The number of nitrogens with zero attached hydrogens (tertiary/aromatic N) is 1. The summed E-state index contributed by atoms with van der Waals surface area (Å²) in [4.78, 5) is 2.23. The van der Waals surface area contributed by atoms with E-state index in [1.54, 1.807) is 0 Å². The Labute approximate surface area is 106 Å². The molecule has 0 amide bonds. The highest BCUT2D eigenvalue weighted by Crippen LogP contribution is 2.32. The molecule has 16 heavy (non-hydrogen) atoms. The molecule has 2 nitrogen and oxygen atoms in total. The van der Waals surface area contributed by atoms with Crippen LogP contribution in [0.1, 0.15) is 39.0 Å². The lowest BCUT2D eigenvalue weighted by atomic mass is 9.78. The van der Waals surface area contributed by atoms with Gasteiger partial charge in [0.1, 0.15) is 0 Å². The van der Waals surface area contributed by atoms with E-state index in [1.165, 1.54) is 32.1 Å². The van der Waals surface area contributed by atoms with Crippen LogP contribution in [0, 0.1) is 5.92 Å². The number of rotatable bonds is 6. The second-order valence-corrected chi connectivity index (χ2v) is 5.95. The SMILES string of the molecule is CC1CCC(CCl)(NCCCN(C)C)CC1. The highest BCUT2D eigenvalue weighted by molar-refractivity contribution is 6.18. The summed E-state index contributed by atoms with van der Waals surface area (Å²) in [7, 11) is 4.25. The average Bonchev–Trinajstić information content (AvgIpc) is 2.27. The molecular weight excluding hydrogens is 220 g/mol. The van der Waals surface area contributed by atoms with Crippen molar-refractivity contribution in [1.29, 1.82) is 0 Å². The second-order valence-electron chi connectivity index (χ2n) is 5.68. The number of nitrogens with one attached hydrogen (secondary N) is 1. The molecule has 0 aliphatic heterocycles. The molecule has 0 radical (unpaired) electrons. The zero-order valence-electron chi connectivity index (χ0n) is 11.1. The third kappa shape index (κ3) is 4.60. The zero-order chi connectivity index (χ0) is 12.0. The highest BCUT2D eigenvalue weighted by atomic mass is 35.5. The maximum Gasteiger partial charge on any atom is 0.0406 e. The minimum Gasteiger partial charge on any atom is -0.310 e. The van der Waals surface area contributed by atoms with E-state index in [1.807, 2.05) is 0 Å². The molecule has 0 spiro atoms. The van der Waals surface area contributed by atoms with Gasteiger partial charge < -0.3 is 10.2 Å². The van der Waals surface area contributed by atoms with Gasteiger partial charge in [-0.25, -0.2) is 0 Å². The van der Waals surface area contributed by atoms with Gasteiger partial charge in [-0.2, -0.15) is 0 Å². The number of hydrogen-bond donors (Lipinski definition) is 1. The normalized spacial score (nSPS) is 30.9. The Balaban J connectivity index is 2.25. The lowest BCUT2D eigenvalue weighted by Gasteiger charge is -2.39. The molecule has 0 unspecified atom stereocenters. The maximum atomic E-state index is 6.15. The van der Waals surface area contributed by atoms with E-state index >= 15 is 0 Å². The fourth-order valence-corrected chi connectivity index (χ4v) is 2.78. The van der Waals surface area contributed by atoms with E-state index in [9.17, 15) is 0 Å². The molecule has 0 aromatic carbocycles. The molecule has 1 N–H and O–H groups in total. The zero-order valence-corrected chi connectivity index (χ0v) is 11.8. The second kappa shape index (κ2) is 6.83. The molecule has 0 aromatic heterocycles. The van der Waals surface area contributed by atoms with Crippen LogP contribution < -0.4 is 5.32 Å². The predicted molar refractivity (Wildman–Crippen MR) is 72.3 cm³/mol. The minimum absolute atomic E-state index is 0.236. The van der Waals surface area contributed by atoms with Gasteiger partial charge in [-0.3, -0.25) is 0 Å². The van der Waals surface area contributed by atoms with Crippen LogP contribution in [-0.4, -0.2) is 43.5 Å². The van der Waals surface area contributed by atoms with Gasteiger partial charge >= 0.3 is 0 Å². The summed E-state index contributed by atoms with van der Waals surface area (Å²) in [6, 6.07) is 0. The van der Waals surface area contributed by atoms with Crippen LogP contribution in [0.5, 0.6) is 0 Å². The van der Waals surface area contributed by atoms with Crippen LogP contribution in [0.15, 0.2) is 0 Å². The van der Waals surface area contributed by atoms with Crippen molar-refractivity contribution in [2.24, 2.45) is 5.92 Å². The summed E-state index contributed by atoms with van der Waals surface area (Å²) in [5.74, 6) is 1.65. The van der Waals surface area contributed by atoms with Crippen molar-refractivity contribution in [2.45, 2.75) is 44.6 Å². The molecule has 1 aliphatic rings. The van der Waals surface area contributed by atoms with E-state index in [2.05, 4.69) is 31.2 Å². The topological polar surface area (TPSA) is 15.3 Å². The molecule has 3 heteroatoms. The van der Waals surface area contributed by atoms with E-state index in [0.29, 0.717) is 0 Å². The van der Waals surface area contributed by atoms with Crippen molar-refractivity contribution < 1.29 is 0 Å². The Bertz CT molecular complexity index is 186. The first-order chi connectivity index (χ1) is 7.58. The van der Waals surface area contributed by atoms with Crippen LogP contribution >= 0.6 is 11.6 Å². The monoisotopic (exact) mass is 246 g/mol. The minimum atomic E-state index is 0.236. The Hall–Kier alpha value is 0.210. The molecule has 1 aliphatic carbocycles. The van der Waals surface area contributed by atoms with Crippen LogP contribution in [0.4, 0.5) is 0 Å². The molecule has 0 heterocycles. The third-order valence-corrected chi connectivity index (χ3v) is 4.28. The smallest absolute Gasteiger partial charge is 0.0406 e. The Kier molecular flexibility index (Phi) is 6.09. The van der Waals surface area contributed by atoms with Crippen molar-refractivity contribution in [3.05, 3.63) is 0 Å². The molecule has 1 fully saturated rings. The third-order valence-electron chi connectivity index (χ3n) is 3.77. The van der Waals surface area contributed by atoms with Gasteiger partial charge in [0, 0.05) is 11.4 Å². The van der Waals surface area contributed by atoms with Gasteiger partial charge in [0.2, 0.25) is 0 Å². The Morgan fingerprint density at radius 2 is 1.94 bits per heavy atom. The molecule has 1 rings (SSSR count). The van der Waals surface area contributed by atoms with Gasteiger partial charge in [0.15, 0.2) is 0 Å². The van der Waals surface area contributed by atoms with E-state index in [4.69, 9.17) is 11.6 Å². The van der Waals surface area contributed by atoms with E-state index in [0.717, 1.165) is 24.9 Å². The van der Waals surface area contributed by atoms with Crippen molar-refractivity contribution in [3.63, 3.8) is 0 Å². The Morgan fingerprint density at radius 3 is 2.44 bits per heavy atom. The van der Waals surface area contributed by atoms with Crippen molar-refractivity contribution in [3.8, 4) is 0 Å². The average molecular weight is 247 g/mol. The van der Waals surface area contributed by atoms with E-state index < -0.39 is 0 Å². The summed E-state index contributed by atoms with van der Waals surface area (Å²) < 4.78 is 0. The number of hydrogen-bond acceptors (Lipinski definition) is 2. The van der Waals surface area contributed by atoms with Gasteiger partial charge in [-0.1, -0.05) is 6.92 Å². The summed E-state index contributed by atoms with van der Waals surface area (Å²) >= 11 is 6.15. The highest BCUT2D eigenvalue weighted by Gasteiger charge is 2.32. The van der Waals surface area contributed by atoms with Crippen molar-refractivity contribution in [2.75, 3.05) is 33.1 Å². The lowest BCUT2D eigenvalue weighted by Crippen LogP contribution is -2.50. The lowest BCUT2D eigenvalue weighted by molar-refractivity contribution is 0.215. The summed E-state index contributed by atoms with van der Waals surface area (Å²) in [5, 5.41) is 3.70. The molecule has 0 aromatic rings. The number of halogens is 1. The largest absolute Gasteiger partial charge is 0.310 e. The summed E-state index contributed by atoms with van der Waals surface area (Å²) in [6.45, 7) is 4.60. The maximum absolute atomic E-state index is 6.15. The molecule has 96 valence electrons. The van der Waals surface area contributed by atoms with Crippen LogP contribution in [-0.2, 0) is 0 Å². The molecule has 1 saturated carbocycles. The first-order valence-corrected chi connectivity index (χ1v) is 7.07. The van der Waals surface area contributed by atoms with Crippen molar-refractivity contribution >= 4 is 11.6 Å². The van der Waals surface area contributed by atoms with Crippen LogP contribution in [0.2, 0.25) is 0 Å². The molecule has 0 bridgehead atoms. The van der Waals surface area contributed by atoms with Gasteiger partial charge in [0.05, 0.1) is 0 Å². The van der Waals surface area contributed by atoms with Gasteiger partial charge in [-0.15, -0.1) is 11.6 Å². The summed E-state index contributed by atoms with van der Waals surface area (Å²) in [6.07, 6.45) is 6.36.